The molecule has 21 heavy (non-hydrogen) atoms. The smallest absolute Gasteiger partial charge is 0.142 e. The minimum absolute atomic E-state index is 0.772. The fraction of sp³-hybridized carbons (Fsp3) is 0.125. The lowest BCUT2D eigenvalue weighted by Gasteiger charge is -2.08. The summed E-state index contributed by atoms with van der Waals surface area (Å²) in [6.07, 6.45) is 1.77. The molecular weight excluding hydrogens is 284 g/mol. The molecule has 0 aliphatic heterocycles. The summed E-state index contributed by atoms with van der Waals surface area (Å²) in [4.78, 5) is 8.98. The van der Waals surface area contributed by atoms with E-state index in [1.54, 1.807) is 31.8 Å². The summed E-state index contributed by atoms with van der Waals surface area (Å²) in [6.45, 7) is 0. The second-order valence-electron chi connectivity index (χ2n) is 4.32. The van der Waals surface area contributed by atoms with Gasteiger partial charge in [-0.05, 0) is 30.3 Å². The van der Waals surface area contributed by atoms with E-state index < -0.39 is 0 Å². The zero-order chi connectivity index (χ0) is 14.7. The highest BCUT2D eigenvalue weighted by Crippen LogP contribution is 2.35. The monoisotopic (exact) mass is 298 g/mol. The molecule has 0 radical (unpaired) electrons. The molecular formula is C16H14N2O2S. The van der Waals surface area contributed by atoms with Crippen LogP contribution in [0.2, 0.25) is 0 Å². The van der Waals surface area contributed by atoms with E-state index in [9.17, 15) is 0 Å². The summed E-state index contributed by atoms with van der Waals surface area (Å²) in [5.74, 6) is 1.55. The Labute approximate surface area is 127 Å². The van der Waals surface area contributed by atoms with Crippen molar-refractivity contribution in [1.82, 2.24) is 9.97 Å². The van der Waals surface area contributed by atoms with Crippen LogP contribution in [0.3, 0.4) is 0 Å². The normalized spacial score (nSPS) is 10.4. The van der Waals surface area contributed by atoms with Crippen LogP contribution < -0.4 is 9.47 Å². The molecule has 3 rings (SSSR count). The summed E-state index contributed by atoms with van der Waals surface area (Å²) in [7, 11) is 3.29. The summed E-state index contributed by atoms with van der Waals surface area (Å²) >= 11 is 1.56. The average molecular weight is 298 g/mol. The molecule has 0 unspecified atom stereocenters. The first-order valence-electron chi connectivity index (χ1n) is 6.41. The van der Waals surface area contributed by atoms with E-state index in [2.05, 4.69) is 9.97 Å². The van der Waals surface area contributed by atoms with Crippen LogP contribution >= 0.6 is 11.3 Å². The third kappa shape index (κ3) is 2.73. The van der Waals surface area contributed by atoms with Gasteiger partial charge in [0.25, 0.3) is 0 Å². The molecule has 5 heteroatoms. The molecule has 0 saturated heterocycles. The number of benzene rings is 1. The molecule has 1 aromatic carbocycles. The third-order valence-corrected chi connectivity index (χ3v) is 3.94. The van der Waals surface area contributed by atoms with E-state index in [1.165, 1.54) is 0 Å². The molecule has 0 N–H and O–H groups in total. The number of rotatable bonds is 4. The van der Waals surface area contributed by atoms with Crippen LogP contribution in [0.1, 0.15) is 0 Å². The van der Waals surface area contributed by atoms with Crippen molar-refractivity contribution >= 4 is 11.3 Å². The van der Waals surface area contributed by atoms with Crippen molar-refractivity contribution in [2.24, 2.45) is 0 Å². The molecule has 0 spiro atoms. The molecule has 106 valence electrons. The van der Waals surface area contributed by atoms with Crippen LogP contribution in [0, 0.1) is 0 Å². The molecule has 0 bridgehead atoms. The van der Waals surface area contributed by atoms with Crippen LogP contribution in [0.4, 0.5) is 0 Å². The molecule has 0 aliphatic rings. The van der Waals surface area contributed by atoms with Crippen molar-refractivity contribution in [3.63, 3.8) is 0 Å². The number of ether oxygens (including phenoxy) is 2. The fourth-order valence-electron chi connectivity index (χ4n) is 2.02. The minimum atomic E-state index is 0.772. The maximum Gasteiger partial charge on any atom is 0.142 e. The van der Waals surface area contributed by atoms with Crippen LogP contribution in [0.5, 0.6) is 11.5 Å². The molecule has 4 nitrogen and oxygen atoms in total. The number of nitrogens with zero attached hydrogens (tertiary/aromatic N) is 2. The molecule has 0 aliphatic carbocycles. The molecule has 0 atom stereocenters. The SMILES string of the molecule is COc1ccc(OC)c(-c2csc(-c3ccccn3)n2)c1. The average Bonchev–Trinajstić information content (AvgIpc) is 3.05. The van der Waals surface area contributed by atoms with Gasteiger partial charge in [-0.2, -0.15) is 0 Å². The van der Waals surface area contributed by atoms with Crippen molar-refractivity contribution < 1.29 is 9.47 Å². The first-order chi connectivity index (χ1) is 10.3. The van der Waals surface area contributed by atoms with Crippen molar-refractivity contribution in [1.29, 1.82) is 0 Å². The lowest BCUT2D eigenvalue weighted by Crippen LogP contribution is -1.90. The zero-order valence-corrected chi connectivity index (χ0v) is 12.6. The highest BCUT2D eigenvalue weighted by molar-refractivity contribution is 7.13. The van der Waals surface area contributed by atoms with Gasteiger partial charge in [-0.3, -0.25) is 4.98 Å². The molecule has 2 aromatic heterocycles. The van der Waals surface area contributed by atoms with Crippen LogP contribution in [0.15, 0.2) is 48.0 Å². The van der Waals surface area contributed by atoms with Gasteiger partial charge in [0.2, 0.25) is 0 Å². The van der Waals surface area contributed by atoms with Crippen molar-refractivity contribution in [3.8, 4) is 33.5 Å². The second kappa shape index (κ2) is 5.93. The Morgan fingerprint density at radius 2 is 1.90 bits per heavy atom. The quantitative estimate of drug-likeness (QED) is 0.733. The van der Waals surface area contributed by atoms with Gasteiger partial charge in [-0.25, -0.2) is 4.98 Å². The Balaban J connectivity index is 2.04. The Morgan fingerprint density at radius 3 is 2.62 bits per heavy atom. The van der Waals surface area contributed by atoms with Gasteiger partial charge in [-0.15, -0.1) is 11.3 Å². The minimum Gasteiger partial charge on any atom is -0.497 e. The summed E-state index contributed by atoms with van der Waals surface area (Å²) < 4.78 is 10.7. The van der Waals surface area contributed by atoms with Gasteiger partial charge in [0.1, 0.15) is 16.5 Å². The summed E-state index contributed by atoms with van der Waals surface area (Å²) in [6, 6.07) is 11.5. The third-order valence-electron chi connectivity index (χ3n) is 3.07. The van der Waals surface area contributed by atoms with E-state index in [4.69, 9.17) is 9.47 Å². The molecule has 0 amide bonds. The lowest BCUT2D eigenvalue weighted by atomic mass is 10.1. The lowest BCUT2D eigenvalue weighted by molar-refractivity contribution is 0.404. The van der Waals surface area contributed by atoms with Crippen molar-refractivity contribution in [3.05, 3.63) is 48.0 Å². The standard InChI is InChI=1S/C16H14N2O2S/c1-19-11-6-7-15(20-2)12(9-11)14-10-21-16(18-14)13-5-3-4-8-17-13/h3-10H,1-2H3. The Kier molecular flexibility index (Phi) is 3.83. The molecule has 3 aromatic rings. The van der Waals surface area contributed by atoms with Gasteiger partial charge in [-0.1, -0.05) is 6.07 Å². The number of aromatic nitrogens is 2. The molecule has 0 fully saturated rings. The van der Waals surface area contributed by atoms with Gasteiger partial charge in [0.15, 0.2) is 0 Å². The first-order valence-corrected chi connectivity index (χ1v) is 7.29. The van der Waals surface area contributed by atoms with Crippen LogP contribution in [-0.4, -0.2) is 24.2 Å². The summed E-state index contributed by atoms with van der Waals surface area (Å²) in [5.41, 5.74) is 2.64. The highest BCUT2D eigenvalue weighted by atomic mass is 32.1. The number of hydrogen-bond acceptors (Lipinski definition) is 5. The maximum absolute atomic E-state index is 5.41. The van der Waals surface area contributed by atoms with Gasteiger partial charge < -0.3 is 9.47 Å². The maximum atomic E-state index is 5.41. The van der Waals surface area contributed by atoms with Crippen molar-refractivity contribution in [2.45, 2.75) is 0 Å². The summed E-state index contributed by atoms with van der Waals surface area (Å²) in [5, 5.41) is 2.89. The van der Waals surface area contributed by atoms with Gasteiger partial charge in [0.05, 0.1) is 25.6 Å². The predicted molar refractivity (Wildman–Crippen MR) is 83.9 cm³/mol. The zero-order valence-electron chi connectivity index (χ0n) is 11.7. The Hall–Kier alpha value is -2.40. The van der Waals surface area contributed by atoms with Crippen LogP contribution in [0.25, 0.3) is 22.0 Å². The second-order valence-corrected chi connectivity index (χ2v) is 5.18. The van der Waals surface area contributed by atoms with E-state index in [0.717, 1.165) is 33.5 Å². The van der Waals surface area contributed by atoms with Gasteiger partial charge >= 0.3 is 0 Å². The van der Waals surface area contributed by atoms with E-state index in [-0.39, 0.29) is 0 Å². The largest absolute Gasteiger partial charge is 0.497 e. The first kappa shape index (κ1) is 13.6. The van der Waals surface area contributed by atoms with E-state index >= 15 is 0 Å². The van der Waals surface area contributed by atoms with Crippen LogP contribution in [-0.2, 0) is 0 Å². The fourth-order valence-corrected chi connectivity index (χ4v) is 2.81. The van der Waals surface area contributed by atoms with Crippen molar-refractivity contribution in [2.75, 3.05) is 14.2 Å². The van der Waals surface area contributed by atoms with Gasteiger partial charge in [0, 0.05) is 17.1 Å². The Morgan fingerprint density at radius 1 is 1.00 bits per heavy atom. The topological polar surface area (TPSA) is 44.2 Å². The number of thiazole rings is 1. The van der Waals surface area contributed by atoms with E-state index in [1.807, 2.05) is 41.8 Å². The number of methoxy groups -OCH3 is 2. The van der Waals surface area contributed by atoms with E-state index in [0.29, 0.717) is 0 Å². The highest BCUT2D eigenvalue weighted by Gasteiger charge is 2.12. The number of pyridine rings is 1. The predicted octanol–water partition coefficient (Wildman–Crippen LogP) is 3.89. The molecule has 0 saturated carbocycles. The Bertz CT molecular complexity index is 741. The molecule has 2 heterocycles. The number of hydrogen-bond donors (Lipinski definition) is 0.